The monoisotopic (exact) mass is 494 g/mol. The molecule has 4 aromatic rings. The van der Waals surface area contributed by atoms with Crippen molar-refractivity contribution in [2.75, 3.05) is 18.5 Å². The summed E-state index contributed by atoms with van der Waals surface area (Å²) in [5.74, 6) is -0.811. The summed E-state index contributed by atoms with van der Waals surface area (Å²) in [6.45, 7) is 2.78. The number of carbonyl (C=O) groups is 1. The molecule has 178 valence electrons. The maximum Gasteiger partial charge on any atom is 0.256 e. The second-order valence-corrected chi connectivity index (χ2v) is 9.68. The van der Waals surface area contributed by atoms with Crippen molar-refractivity contribution in [2.24, 2.45) is 7.05 Å². The van der Waals surface area contributed by atoms with Crippen molar-refractivity contribution in [2.45, 2.75) is 19.0 Å². The maximum atomic E-state index is 13.8. The number of rotatable bonds is 5. The van der Waals surface area contributed by atoms with E-state index in [1.807, 2.05) is 26.1 Å². The van der Waals surface area contributed by atoms with Crippen LogP contribution in [0, 0.1) is 18.6 Å². The molecular formula is C24H20F2N6O2S. The summed E-state index contributed by atoms with van der Waals surface area (Å²) in [6, 6.07) is 7.36. The molecule has 0 atom stereocenters. The summed E-state index contributed by atoms with van der Waals surface area (Å²) in [5.41, 5.74) is 2.08. The zero-order valence-corrected chi connectivity index (χ0v) is 19.7. The van der Waals surface area contributed by atoms with Gasteiger partial charge < -0.3 is 15.0 Å². The fraction of sp³-hybridized carbons (Fsp3) is 0.250. The Hall–Kier alpha value is -3.70. The van der Waals surface area contributed by atoms with Crippen LogP contribution in [0.2, 0.25) is 0 Å². The molecule has 1 spiro atoms. The standard InChI is InChI=1S/C24H20F2N6O2S/c1-13-19-21(35-20(13)17-5-7-27-23(29-17)30-18-6-8-28-31(18)2)24(11-34-12-24)32(22(19)33)10-14-3-4-15(25)16(26)9-14/h3-9H,10-12H2,1-2H3,(H,27,29,30). The number of benzene rings is 1. The Kier molecular flexibility index (Phi) is 4.94. The zero-order chi connectivity index (χ0) is 24.3. The lowest BCUT2D eigenvalue weighted by Gasteiger charge is -2.45. The van der Waals surface area contributed by atoms with Gasteiger partial charge in [0.25, 0.3) is 5.91 Å². The average molecular weight is 495 g/mol. The first kappa shape index (κ1) is 21.8. The maximum absolute atomic E-state index is 13.8. The third-order valence-corrected chi connectivity index (χ3v) is 8.01. The van der Waals surface area contributed by atoms with Gasteiger partial charge in [0.05, 0.1) is 35.5 Å². The Morgan fingerprint density at radius 1 is 1.17 bits per heavy atom. The zero-order valence-electron chi connectivity index (χ0n) is 18.9. The number of hydrogen-bond acceptors (Lipinski definition) is 7. The van der Waals surface area contributed by atoms with Gasteiger partial charge in [-0.15, -0.1) is 11.3 Å². The van der Waals surface area contributed by atoms with Crippen molar-refractivity contribution >= 4 is 29.0 Å². The van der Waals surface area contributed by atoms with E-state index in [-0.39, 0.29) is 12.5 Å². The van der Waals surface area contributed by atoms with E-state index in [1.54, 1.807) is 22.0 Å². The van der Waals surface area contributed by atoms with Crippen LogP contribution in [0.1, 0.15) is 26.4 Å². The van der Waals surface area contributed by atoms with Gasteiger partial charge in [-0.25, -0.2) is 18.7 Å². The number of halogens is 2. The van der Waals surface area contributed by atoms with Crippen LogP contribution < -0.4 is 5.32 Å². The number of nitrogens with zero attached hydrogens (tertiary/aromatic N) is 5. The molecule has 1 amide bonds. The predicted molar refractivity (Wildman–Crippen MR) is 125 cm³/mol. The Morgan fingerprint density at radius 3 is 2.69 bits per heavy atom. The summed E-state index contributed by atoms with van der Waals surface area (Å²) >= 11 is 1.52. The second-order valence-electron chi connectivity index (χ2n) is 8.65. The summed E-state index contributed by atoms with van der Waals surface area (Å²) in [7, 11) is 1.82. The van der Waals surface area contributed by atoms with Gasteiger partial charge in [-0.3, -0.25) is 9.48 Å². The smallest absolute Gasteiger partial charge is 0.256 e. The summed E-state index contributed by atoms with van der Waals surface area (Å²) < 4.78 is 34.4. The summed E-state index contributed by atoms with van der Waals surface area (Å²) in [6.07, 6.45) is 3.35. The van der Waals surface area contributed by atoms with Crippen LogP contribution in [0.5, 0.6) is 0 Å². The van der Waals surface area contributed by atoms with Crippen molar-refractivity contribution in [1.29, 1.82) is 0 Å². The van der Waals surface area contributed by atoms with Gasteiger partial charge in [0.15, 0.2) is 11.6 Å². The number of anilines is 2. The van der Waals surface area contributed by atoms with Gasteiger partial charge in [-0.05, 0) is 36.2 Å². The highest BCUT2D eigenvalue weighted by molar-refractivity contribution is 7.16. The fourth-order valence-corrected chi connectivity index (χ4v) is 6.02. The Bertz CT molecular complexity index is 1480. The van der Waals surface area contributed by atoms with Crippen molar-refractivity contribution < 1.29 is 18.3 Å². The number of amides is 1. The molecule has 1 saturated heterocycles. The van der Waals surface area contributed by atoms with E-state index in [0.29, 0.717) is 36.0 Å². The quantitative estimate of drug-likeness (QED) is 0.449. The number of fused-ring (bicyclic) bond motifs is 2. The van der Waals surface area contributed by atoms with E-state index in [1.165, 1.54) is 17.4 Å². The number of aryl methyl sites for hydroxylation is 1. The van der Waals surface area contributed by atoms with Gasteiger partial charge in [0.2, 0.25) is 5.95 Å². The lowest BCUT2D eigenvalue weighted by molar-refractivity contribution is -0.126. The van der Waals surface area contributed by atoms with E-state index in [4.69, 9.17) is 4.74 Å². The molecule has 1 N–H and O–H groups in total. The molecule has 35 heavy (non-hydrogen) atoms. The highest BCUT2D eigenvalue weighted by atomic mass is 32.1. The Balaban J connectivity index is 1.35. The lowest BCUT2D eigenvalue weighted by atomic mass is 9.94. The molecule has 8 nitrogen and oxygen atoms in total. The predicted octanol–water partition coefficient (Wildman–Crippen LogP) is 4.15. The minimum Gasteiger partial charge on any atom is -0.376 e. The molecule has 0 bridgehead atoms. The molecular weight excluding hydrogens is 474 g/mol. The van der Waals surface area contributed by atoms with E-state index < -0.39 is 17.2 Å². The molecule has 6 rings (SSSR count). The number of aromatic nitrogens is 4. The van der Waals surface area contributed by atoms with Crippen LogP contribution >= 0.6 is 11.3 Å². The molecule has 3 aromatic heterocycles. The van der Waals surface area contributed by atoms with E-state index >= 15 is 0 Å². The normalized spacial score (nSPS) is 16.0. The number of hydrogen-bond donors (Lipinski definition) is 1. The van der Waals surface area contributed by atoms with Gasteiger partial charge in [0, 0.05) is 30.7 Å². The van der Waals surface area contributed by atoms with Crippen LogP contribution in [-0.4, -0.2) is 43.8 Å². The molecule has 0 saturated carbocycles. The van der Waals surface area contributed by atoms with Crippen molar-refractivity contribution in [3.63, 3.8) is 0 Å². The Morgan fingerprint density at radius 2 is 2.00 bits per heavy atom. The molecule has 2 aliphatic rings. The number of nitrogens with one attached hydrogen (secondary N) is 1. The molecule has 2 aliphatic heterocycles. The molecule has 0 radical (unpaired) electrons. The topological polar surface area (TPSA) is 85.2 Å². The van der Waals surface area contributed by atoms with Gasteiger partial charge >= 0.3 is 0 Å². The van der Waals surface area contributed by atoms with Crippen LogP contribution in [0.25, 0.3) is 10.6 Å². The highest BCUT2D eigenvalue weighted by Gasteiger charge is 2.57. The molecule has 1 aromatic carbocycles. The van der Waals surface area contributed by atoms with Crippen molar-refractivity contribution in [1.82, 2.24) is 24.6 Å². The van der Waals surface area contributed by atoms with Crippen molar-refractivity contribution in [3.8, 4) is 10.6 Å². The molecule has 11 heteroatoms. The third kappa shape index (κ3) is 3.34. The molecule has 5 heterocycles. The summed E-state index contributed by atoms with van der Waals surface area (Å²) in [5, 5.41) is 7.29. The lowest BCUT2D eigenvalue weighted by Crippen LogP contribution is -2.56. The first-order valence-corrected chi connectivity index (χ1v) is 11.7. The number of thiophene rings is 1. The first-order chi connectivity index (χ1) is 16.9. The van der Waals surface area contributed by atoms with Gasteiger partial charge in [-0.2, -0.15) is 5.10 Å². The van der Waals surface area contributed by atoms with Gasteiger partial charge in [0.1, 0.15) is 11.4 Å². The van der Waals surface area contributed by atoms with Crippen LogP contribution in [0.3, 0.4) is 0 Å². The van der Waals surface area contributed by atoms with Crippen LogP contribution in [-0.2, 0) is 23.9 Å². The first-order valence-electron chi connectivity index (χ1n) is 10.9. The van der Waals surface area contributed by atoms with Crippen LogP contribution in [0.15, 0.2) is 42.7 Å². The minimum atomic E-state index is -0.930. The Labute approximate surface area is 203 Å². The van der Waals surface area contributed by atoms with Gasteiger partial charge in [-0.1, -0.05) is 6.07 Å². The van der Waals surface area contributed by atoms with E-state index in [0.717, 1.165) is 33.3 Å². The van der Waals surface area contributed by atoms with Crippen LogP contribution in [0.4, 0.5) is 20.5 Å². The largest absolute Gasteiger partial charge is 0.376 e. The summed E-state index contributed by atoms with van der Waals surface area (Å²) in [4.78, 5) is 26.1. The minimum absolute atomic E-state index is 0.143. The number of carbonyl (C=O) groups excluding carboxylic acids is 1. The SMILES string of the molecule is Cc1c(-c2ccnc(Nc3ccnn3C)n2)sc2c1C(=O)N(Cc1ccc(F)c(F)c1)C21COC1. The van der Waals surface area contributed by atoms with E-state index in [9.17, 15) is 13.6 Å². The van der Waals surface area contributed by atoms with E-state index in [2.05, 4.69) is 20.4 Å². The van der Waals surface area contributed by atoms with Crippen molar-refractivity contribution in [3.05, 3.63) is 75.9 Å². The molecule has 1 fully saturated rings. The third-order valence-electron chi connectivity index (χ3n) is 6.50. The fourth-order valence-electron chi connectivity index (χ4n) is 4.58. The second kappa shape index (κ2) is 7.92. The molecule has 0 unspecified atom stereocenters. The highest BCUT2D eigenvalue weighted by Crippen LogP contribution is 2.52. The number of ether oxygens (including phenoxy) is 1. The average Bonchev–Trinajstić information content (AvgIpc) is 3.44. The molecule has 0 aliphatic carbocycles.